The van der Waals surface area contributed by atoms with E-state index in [9.17, 15) is 9.50 Å². The first-order valence-electron chi connectivity index (χ1n) is 9.36. The van der Waals surface area contributed by atoms with Crippen LogP contribution in [0.3, 0.4) is 0 Å². The fourth-order valence-electron chi connectivity index (χ4n) is 3.62. The fraction of sp³-hybridized carbons (Fsp3) is 0.684. The Labute approximate surface area is 149 Å². The van der Waals surface area contributed by atoms with Crippen molar-refractivity contribution in [2.24, 2.45) is 0 Å². The molecule has 140 valence electrons. The van der Waals surface area contributed by atoms with Gasteiger partial charge in [0.1, 0.15) is 23.8 Å². The van der Waals surface area contributed by atoms with Crippen molar-refractivity contribution >= 4 is 0 Å². The van der Waals surface area contributed by atoms with Gasteiger partial charge in [-0.25, -0.2) is 4.39 Å². The number of aliphatic hydroxyl groups excluding tert-OH is 1. The topological polar surface area (TPSA) is 54.0 Å². The first-order chi connectivity index (χ1) is 12.2. The van der Waals surface area contributed by atoms with Crippen LogP contribution in [0.25, 0.3) is 0 Å². The van der Waals surface area contributed by atoms with Crippen molar-refractivity contribution in [1.29, 1.82) is 0 Å². The Morgan fingerprint density at radius 3 is 2.92 bits per heavy atom. The molecule has 2 aliphatic rings. The quantitative estimate of drug-likeness (QED) is 0.733. The van der Waals surface area contributed by atoms with Crippen molar-refractivity contribution in [3.05, 3.63) is 30.1 Å². The van der Waals surface area contributed by atoms with Crippen LogP contribution >= 0.6 is 0 Å². The van der Waals surface area contributed by atoms with E-state index in [2.05, 4.69) is 10.2 Å². The molecule has 1 heterocycles. The van der Waals surface area contributed by atoms with Crippen molar-refractivity contribution in [2.45, 2.75) is 43.9 Å². The van der Waals surface area contributed by atoms with Gasteiger partial charge in [0.25, 0.3) is 0 Å². The molecular weight excluding hydrogens is 323 g/mol. The van der Waals surface area contributed by atoms with Gasteiger partial charge in [0.2, 0.25) is 0 Å². The lowest BCUT2D eigenvalue weighted by Crippen LogP contribution is -2.51. The van der Waals surface area contributed by atoms with Gasteiger partial charge in [-0.2, -0.15) is 0 Å². The highest BCUT2D eigenvalue weighted by Gasteiger charge is 2.33. The molecule has 1 aliphatic carbocycles. The highest BCUT2D eigenvalue weighted by atomic mass is 19.1. The van der Waals surface area contributed by atoms with E-state index in [-0.39, 0.29) is 18.0 Å². The number of aliphatic hydroxyl groups is 1. The number of morpholine rings is 1. The van der Waals surface area contributed by atoms with Crippen molar-refractivity contribution in [2.75, 3.05) is 39.4 Å². The predicted molar refractivity (Wildman–Crippen MR) is 94.3 cm³/mol. The number of rotatable bonds is 7. The third-order valence-electron chi connectivity index (χ3n) is 5.04. The lowest BCUT2D eigenvalue weighted by Gasteiger charge is -2.35. The molecule has 0 amide bonds. The van der Waals surface area contributed by atoms with E-state index in [1.165, 1.54) is 12.1 Å². The minimum absolute atomic E-state index is 0.0389. The second-order valence-corrected chi connectivity index (χ2v) is 6.90. The Kier molecular flexibility index (Phi) is 7.04. The number of ether oxygens (including phenoxy) is 2. The lowest BCUT2D eigenvalue weighted by molar-refractivity contribution is -0.0157. The first kappa shape index (κ1) is 18.6. The molecule has 5 nitrogen and oxygen atoms in total. The fourth-order valence-corrected chi connectivity index (χ4v) is 3.62. The van der Waals surface area contributed by atoms with E-state index < -0.39 is 6.10 Å². The lowest BCUT2D eigenvalue weighted by atomic mass is 9.89. The summed E-state index contributed by atoms with van der Waals surface area (Å²) in [6.07, 6.45) is 2.94. The third kappa shape index (κ3) is 5.64. The van der Waals surface area contributed by atoms with E-state index >= 15 is 0 Å². The summed E-state index contributed by atoms with van der Waals surface area (Å²) in [4.78, 5) is 2.42. The zero-order valence-corrected chi connectivity index (χ0v) is 14.7. The zero-order chi connectivity index (χ0) is 17.5. The van der Waals surface area contributed by atoms with Gasteiger partial charge in [0.05, 0.1) is 13.2 Å². The van der Waals surface area contributed by atoms with E-state index in [0.29, 0.717) is 5.75 Å². The molecular formula is C19H29FN2O3. The molecule has 1 aliphatic heterocycles. The van der Waals surface area contributed by atoms with Gasteiger partial charge < -0.3 is 19.9 Å². The number of hydrogen-bond acceptors (Lipinski definition) is 5. The second-order valence-electron chi connectivity index (χ2n) is 6.90. The Morgan fingerprint density at radius 1 is 1.28 bits per heavy atom. The summed E-state index contributed by atoms with van der Waals surface area (Å²) < 4.78 is 24.5. The Balaban J connectivity index is 1.41. The van der Waals surface area contributed by atoms with Gasteiger partial charge in [-0.05, 0) is 50.9 Å². The normalized spacial score (nSPS) is 28.0. The summed E-state index contributed by atoms with van der Waals surface area (Å²) in [6.45, 7) is 5.61. The number of hydrogen-bond donors (Lipinski definition) is 2. The van der Waals surface area contributed by atoms with Crippen LogP contribution in [0.2, 0.25) is 0 Å². The van der Waals surface area contributed by atoms with E-state index in [1.54, 1.807) is 12.1 Å². The number of benzene rings is 1. The summed E-state index contributed by atoms with van der Waals surface area (Å²) >= 11 is 0. The Bertz CT molecular complexity index is 525. The van der Waals surface area contributed by atoms with Gasteiger partial charge in [0, 0.05) is 25.2 Å². The summed E-state index contributed by atoms with van der Waals surface area (Å²) in [5.41, 5.74) is 0. The van der Waals surface area contributed by atoms with Crippen LogP contribution in [0, 0.1) is 5.82 Å². The predicted octanol–water partition coefficient (Wildman–Crippen LogP) is 1.80. The number of nitrogens with zero attached hydrogens (tertiary/aromatic N) is 1. The van der Waals surface area contributed by atoms with Crippen LogP contribution in [0.4, 0.5) is 4.39 Å². The molecule has 3 rings (SSSR count). The van der Waals surface area contributed by atoms with Crippen molar-refractivity contribution < 1.29 is 19.0 Å². The maximum Gasteiger partial charge on any atom is 0.126 e. The second kappa shape index (κ2) is 9.48. The molecule has 0 aromatic heterocycles. The minimum atomic E-state index is -0.569. The van der Waals surface area contributed by atoms with Crippen molar-refractivity contribution in [3.63, 3.8) is 0 Å². The van der Waals surface area contributed by atoms with Crippen LogP contribution in [0.5, 0.6) is 5.75 Å². The molecule has 2 fully saturated rings. The molecule has 1 saturated carbocycles. The molecule has 1 aromatic rings. The summed E-state index contributed by atoms with van der Waals surface area (Å²) in [6, 6.07) is 6.16. The Morgan fingerprint density at radius 2 is 2.12 bits per heavy atom. The molecule has 0 radical (unpaired) electrons. The smallest absolute Gasteiger partial charge is 0.126 e. The van der Waals surface area contributed by atoms with Gasteiger partial charge >= 0.3 is 0 Å². The van der Waals surface area contributed by atoms with Crippen LogP contribution in [0.1, 0.15) is 25.7 Å². The first-order valence-corrected chi connectivity index (χ1v) is 9.36. The standard InChI is InChI=1S/C19H29FN2O3/c20-15-4-1-5-16(14-15)25-18-7-2-6-17(19(18)23)21-8-3-9-22-10-12-24-13-11-22/h1,4-5,14,17-19,21,23H,2-3,6-13H2/t17-,18+,19+/m0/s1. The van der Waals surface area contributed by atoms with Crippen LogP contribution in [-0.2, 0) is 4.74 Å². The van der Waals surface area contributed by atoms with Crippen molar-refractivity contribution in [3.8, 4) is 5.75 Å². The summed E-state index contributed by atoms with van der Waals surface area (Å²) in [7, 11) is 0. The molecule has 0 spiro atoms. The molecule has 2 N–H and O–H groups in total. The Hall–Kier alpha value is -1.21. The van der Waals surface area contributed by atoms with E-state index in [1.807, 2.05) is 0 Å². The van der Waals surface area contributed by atoms with Gasteiger partial charge in [0.15, 0.2) is 0 Å². The van der Waals surface area contributed by atoms with Gasteiger partial charge in [-0.1, -0.05) is 6.07 Å². The molecule has 3 atom stereocenters. The minimum Gasteiger partial charge on any atom is -0.488 e. The molecule has 0 unspecified atom stereocenters. The monoisotopic (exact) mass is 352 g/mol. The van der Waals surface area contributed by atoms with Crippen molar-refractivity contribution in [1.82, 2.24) is 10.2 Å². The van der Waals surface area contributed by atoms with E-state index in [0.717, 1.165) is 65.1 Å². The van der Waals surface area contributed by atoms with Gasteiger partial charge in [-0.15, -0.1) is 0 Å². The summed E-state index contributed by atoms with van der Waals surface area (Å²) in [5.74, 6) is 0.164. The van der Waals surface area contributed by atoms with Crippen LogP contribution in [0.15, 0.2) is 24.3 Å². The zero-order valence-electron chi connectivity index (χ0n) is 14.7. The van der Waals surface area contributed by atoms with Crippen LogP contribution in [-0.4, -0.2) is 67.6 Å². The number of nitrogens with one attached hydrogen (secondary N) is 1. The number of halogens is 1. The summed E-state index contributed by atoms with van der Waals surface area (Å²) in [5, 5.41) is 14.1. The highest BCUT2D eigenvalue weighted by Crippen LogP contribution is 2.25. The maximum absolute atomic E-state index is 13.3. The highest BCUT2D eigenvalue weighted by molar-refractivity contribution is 5.23. The average Bonchev–Trinajstić information content (AvgIpc) is 2.62. The molecule has 0 bridgehead atoms. The molecule has 6 heteroatoms. The molecule has 25 heavy (non-hydrogen) atoms. The molecule has 1 saturated heterocycles. The largest absolute Gasteiger partial charge is 0.488 e. The van der Waals surface area contributed by atoms with E-state index in [4.69, 9.17) is 9.47 Å². The van der Waals surface area contributed by atoms with Crippen LogP contribution < -0.4 is 10.1 Å². The maximum atomic E-state index is 13.3. The average molecular weight is 352 g/mol. The van der Waals surface area contributed by atoms with Gasteiger partial charge in [-0.3, -0.25) is 4.90 Å². The SMILES string of the molecule is O[C@@H]1[C@@H](NCCCN2CCOCC2)CCC[C@H]1Oc1cccc(F)c1. The molecule has 1 aromatic carbocycles. The third-order valence-corrected chi connectivity index (χ3v) is 5.04.